The number of aryl methyl sites for hydroxylation is 1. The first-order valence-electron chi connectivity index (χ1n) is 8.79. The number of carbonyl (C=O) groups excluding carboxylic acids is 1. The number of rotatable bonds is 3. The van der Waals surface area contributed by atoms with Gasteiger partial charge in [-0.15, -0.1) is 0 Å². The second-order valence-corrected chi connectivity index (χ2v) is 6.65. The molecule has 1 aromatic heterocycles. The van der Waals surface area contributed by atoms with Gasteiger partial charge in [0.2, 0.25) is 0 Å². The zero-order valence-corrected chi connectivity index (χ0v) is 14.7. The molecule has 0 bridgehead atoms. The van der Waals surface area contributed by atoms with Gasteiger partial charge in [-0.2, -0.15) is 0 Å². The Balaban J connectivity index is 1.39. The normalized spacial score (nSPS) is 15.5. The summed E-state index contributed by atoms with van der Waals surface area (Å²) < 4.78 is 15.2. The van der Waals surface area contributed by atoms with E-state index in [1.807, 2.05) is 30.1 Å². The Morgan fingerprint density at radius 3 is 2.42 bits per heavy atom. The van der Waals surface area contributed by atoms with Crippen molar-refractivity contribution in [3.05, 3.63) is 65.7 Å². The van der Waals surface area contributed by atoms with E-state index >= 15 is 0 Å². The SMILES string of the molecule is Cn1c(CN2CCN(C(=O)c3ccc(F)cc3)CC2)nc2ccccc21. The molecule has 6 heteroatoms. The van der Waals surface area contributed by atoms with Crippen LogP contribution in [-0.4, -0.2) is 51.4 Å². The minimum Gasteiger partial charge on any atom is -0.336 e. The third-order valence-corrected chi connectivity index (χ3v) is 5.00. The fraction of sp³-hybridized carbons (Fsp3) is 0.300. The standard InChI is InChI=1S/C20H21FN4O/c1-23-18-5-3-2-4-17(18)22-19(23)14-24-10-12-25(13-11-24)20(26)15-6-8-16(21)9-7-15/h2-9H,10-14H2,1H3. The van der Waals surface area contributed by atoms with Crippen molar-refractivity contribution in [2.24, 2.45) is 7.05 Å². The Morgan fingerprint density at radius 1 is 1.04 bits per heavy atom. The Hall–Kier alpha value is -2.73. The average molecular weight is 352 g/mol. The highest BCUT2D eigenvalue weighted by atomic mass is 19.1. The van der Waals surface area contributed by atoms with Crippen molar-refractivity contribution >= 4 is 16.9 Å². The Morgan fingerprint density at radius 2 is 1.73 bits per heavy atom. The largest absolute Gasteiger partial charge is 0.336 e. The van der Waals surface area contributed by atoms with Crippen LogP contribution >= 0.6 is 0 Å². The number of halogens is 1. The van der Waals surface area contributed by atoms with Gasteiger partial charge >= 0.3 is 0 Å². The van der Waals surface area contributed by atoms with Gasteiger partial charge in [-0.3, -0.25) is 9.69 Å². The molecular weight excluding hydrogens is 331 g/mol. The third-order valence-electron chi connectivity index (χ3n) is 5.00. The number of hydrogen-bond donors (Lipinski definition) is 0. The Kier molecular flexibility index (Phi) is 4.42. The summed E-state index contributed by atoms with van der Waals surface area (Å²) >= 11 is 0. The Bertz CT molecular complexity index is 927. The molecule has 2 heterocycles. The lowest BCUT2D eigenvalue weighted by atomic mass is 10.2. The molecular formula is C20H21FN4O. The molecule has 26 heavy (non-hydrogen) atoms. The lowest BCUT2D eigenvalue weighted by Crippen LogP contribution is -2.48. The maximum Gasteiger partial charge on any atom is 0.253 e. The van der Waals surface area contributed by atoms with Crippen molar-refractivity contribution in [2.75, 3.05) is 26.2 Å². The molecule has 1 amide bonds. The summed E-state index contributed by atoms with van der Waals surface area (Å²) in [5, 5.41) is 0. The highest BCUT2D eigenvalue weighted by molar-refractivity contribution is 5.94. The van der Waals surface area contributed by atoms with E-state index in [1.165, 1.54) is 12.1 Å². The van der Waals surface area contributed by atoms with Crippen molar-refractivity contribution in [2.45, 2.75) is 6.54 Å². The van der Waals surface area contributed by atoms with Gasteiger partial charge in [0.1, 0.15) is 11.6 Å². The van der Waals surface area contributed by atoms with Crippen LogP contribution in [0.2, 0.25) is 0 Å². The van der Waals surface area contributed by atoms with Crippen molar-refractivity contribution < 1.29 is 9.18 Å². The molecule has 4 rings (SSSR count). The number of carbonyl (C=O) groups is 1. The number of aromatic nitrogens is 2. The molecule has 0 N–H and O–H groups in total. The predicted octanol–water partition coefficient (Wildman–Crippen LogP) is 2.67. The summed E-state index contributed by atoms with van der Waals surface area (Å²) in [5.74, 6) is 0.672. The van der Waals surface area contributed by atoms with Gasteiger partial charge in [-0.1, -0.05) is 12.1 Å². The zero-order chi connectivity index (χ0) is 18.1. The molecule has 1 aliphatic rings. The number of benzene rings is 2. The van der Waals surface area contributed by atoms with Gasteiger partial charge in [-0.05, 0) is 36.4 Å². The van der Waals surface area contributed by atoms with Crippen molar-refractivity contribution in [1.82, 2.24) is 19.4 Å². The van der Waals surface area contributed by atoms with Crippen LogP contribution in [0.4, 0.5) is 4.39 Å². The topological polar surface area (TPSA) is 41.4 Å². The molecule has 0 aliphatic carbocycles. The number of fused-ring (bicyclic) bond motifs is 1. The van der Waals surface area contributed by atoms with Crippen molar-refractivity contribution in [3.8, 4) is 0 Å². The van der Waals surface area contributed by atoms with Crippen LogP contribution in [0.5, 0.6) is 0 Å². The minimum absolute atomic E-state index is 0.0348. The number of nitrogens with zero attached hydrogens (tertiary/aromatic N) is 4. The summed E-state index contributed by atoms with van der Waals surface area (Å²) in [4.78, 5) is 21.4. The monoisotopic (exact) mass is 352 g/mol. The number of amides is 1. The van der Waals surface area contributed by atoms with Gasteiger partial charge < -0.3 is 9.47 Å². The van der Waals surface area contributed by atoms with E-state index in [1.54, 1.807) is 12.1 Å². The number of piperazine rings is 1. The van der Waals surface area contributed by atoms with Crippen LogP contribution in [0, 0.1) is 5.82 Å². The van der Waals surface area contributed by atoms with E-state index in [0.29, 0.717) is 18.7 Å². The molecule has 0 unspecified atom stereocenters. The lowest BCUT2D eigenvalue weighted by molar-refractivity contribution is 0.0624. The van der Waals surface area contributed by atoms with E-state index in [2.05, 4.69) is 15.5 Å². The maximum atomic E-state index is 13.0. The number of hydrogen-bond acceptors (Lipinski definition) is 3. The summed E-state index contributed by atoms with van der Waals surface area (Å²) in [6, 6.07) is 13.9. The fourth-order valence-electron chi connectivity index (χ4n) is 3.42. The highest BCUT2D eigenvalue weighted by Gasteiger charge is 2.23. The van der Waals surface area contributed by atoms with E-state index < -0.39 is 0 Å². The van der Waals surface area contributed by atoms with Gasteiger partial charge in [0.05, 0.1) is 17.6 Å². The van der Waals surface area contributed by atoms with Crippen LogP contribution in [0.25, 0.3) is 11.0 Å². The van der Waals surface area contributed by atoms with E-state index in [9.17, 15) is 9.18 Å². The quantitative estimate of drug-likeness (QED) is 0.728. The average Bonchev–Trinajstić information content (AvgIpc) is 2.98. The number of para-hydroxylation sites is 2. The first-order chi connectivity index (χ1) is 12.6. The molecule has 0 saturated carbocycles. The summed E-state index contributed by atoms with van der Waals surface area (Å²) in [7, 11) is 2.04. The zero-order valence-electron chi connectivity index (χ0n) is 14.7. The molecule has 1 saturated heterocycles. The fourth-order valence-corrected chi connectivity index (χ4v) is 3.42. The maximum absolute atomic E-state index is 13.0. The molecule has 0 atom stereocenters. The first kappa shape index (κ1) is 16.7. The van der Waals surface area contributed by atoms with E-state index in [-0.39, 0.29) is 11.7 Å². The lowest BCUT2D eigenvalue weighted by Gasteiger charge is -2.34. The van der Waals surface area contributed by atoms with Gasteiger partial charge in [0.15, 0.2) is 0 Å². The van der Waals surface area contributed by atoms with Crippen LogP contribution in [0.3, 0.4) is 0 Å². The number of imidazole rings is 1. The van der Waals surface area contributed by atoms with Gasteiger partial charge in [0, 0.05) is 38.8 Å². The molecule has 0 radical (unpaired) electrons. The van der Waals surface area contributed by atoms with E-state index in [0.717, 1.165) is 36.5 Å². The molecule has 3 aromatic rings. The smallest absolute Gasteiger partial charge is 0.253 e. The molecule has 2 aromatic carbocycles. The van der Waals surface area contributed by atoms with Crippen molar-refractivity contribution in [1.29, 1.82) is 0 Å². The summed E-state index contributed by atoms with van der Waals surface area (Å²) in [6.45, 7) is 3.70. The highest BCUT2D eigenvalue weighted by Crippen LogP contribution is 2.17. The second kappa shape index (κ2) is 6.88. The van der Waals surface area contributed by atoms with Gasteiger partial charge in [-0.25, -0.2) is 9.37 Å². The van der Waals surface area contributed by atoms with Gasteiger partial charge in [0.25, 0.3) is 5.91 Å². The van der Waals surface area contributed by atoms with Crippen LogP contribution < -0.4 is 0 Å². The van der Waals surface area contributed by atoms with Crippen molar-refractivity contribution in [3.63, 3.8) is 0 Å². The Labute approximate surface area is 151 Å². The second-order valence-electron chi connectivity index (χ2n) is 6.65. The summed E-state index contributed by atoms with van der Waals surface area (Å²) in [5.41, 5.74) is 2.68. The van der Waals surface area contributed by atoms with Crippen LogP contribution in [0.1, 0.15) is 16.2 Å². The van der Waals surface area contributed by atoms with E-state index in [4.69, 9.17) is 4.98 Å². The molecule has 1 aliphatic heterocycles. The molecule has 134 valence electrons. The van der Waals surface area contributed by atoms with Crippen LogP contribution in [-0.2, 0) is 13.6 Å². The predicted molar refractivity (Wildman–Crippen MR) is 98.3 cm³/mol. The molecule has 1 fully saturated rings. The molecule has 0 spiro atoms. The van der Waals surface area contributed by atoms with Crippen LogP contribution in [0.15, 0.2) is 48.5 Å². The summed E-state index contributed by atoms with van der Waals surface area (Å²) in [6.07, 6.45) is 0. The minimum atomic E-state index is -0.325. The molecule has 5 nitrogen and oxygen atoms in total. The third kappa shape index (κ3) is 3.20. The first-order valence-corrected chi connectivity index (χ1v) is 8.79.